The van der Waals surface area contributed by atoms with Gasteiger partial charge >= 0.3 is 0 Å². The molecular formula is C11H17ClN2O. The van der Waals surface area contributed by atoms with Gasteiger partial charge in [-0.05, 0) is 31.0 Å². The summed E-state index contributed by atoms with van der Waals surface area (Å²) in [7, 11) is 0. The zero-order valence-corrected chi connectivity index (χ0v) is 9.59. The second kappa shape index (κ2) is 5.83. The average Bonchev–Trinajstić information content (AvgIpc) is 2.21. The van der Waals surface area contributed by atoms with E-state index in [0.29, 0.717) is 10.7 Å². The number of aliphatic hydroxyl groups is 1. The average molecular weight is 229 g/mol. The molecule has 0 radical (unpaired) electrons. The predicted molar refractivity (Wildman–Crippen MR) is 65.3 cm³/mol. The van der Waals surface area contributed by atoms with Crippen LogP contribution in [0.1, 0.15) is 19.8 Å². The summed E-state index contributed by atoms with van der Waals surface area (Å²) in [5.41, 5.74) is 7.32. The number of halogens is 1. The van der Waals surface area contributed by atoms with E-state index >= 15 is 0 Å². The third-order valence-electron chi connectivity index (χ3n) is 2.34. The molecule has 0 aliphatic rings. The van der Waals surface area contributed by atoms with E-state index in [9.17, 15) is 0 Å². The molecule has 4 N–H and O–H groups in total. The van der Waals surface area contributed by atoms with Crippen molar-refractivity contribution in [3.63, 3.8) is 0 Å². The lowest BCUT2D eigenvalue weighted by molar-refractivity contribution is 0.278. The highest BCUT2D eigenvalue weighted by molar-refractivity contribution is 6.31. The van der Waals surface area contributed by atoms with E-state index in [0.717, 1.165) is 18.5 Å². The number of hydrogen-bond donors (Lipinski definition) is 3. The summed E-state index contributed by atoms with van der Waals surface area (Å²) in [4.78, 5) is 0. The SMILES string of the molecule is CCC(CCO)Nc1ccc(Cl)cc1N. The van der Waals surface area contributed by atoms with Crippen molar-refractivity contribution >= 4 is 23.0 Å². The molecule has 0 saturated heterocycles. The van der Waals surface area contributed by atoms with Gasteiger partial charge in [-0.25, -0.2) is 0 Å². The third-order valence-corrected chi connectivity index (χ3v) is 2.58. The molecule has 0 amide bonds. The van der Waals surface area contributed by atoms with Crippen LogP contribution < -0.4 is 11.1 Å². The molecule has 1 unspecified atom stereocenters. The first-order chi connectivity index (χ1) is 7.17. The number of nitrogens with two attached hydrogens (primary N) is 1. The minimum absolute atomic E-state index is 0.180. The van der Waals surface area contributed by atoms with Crippen molar-refractivity contribution in [2.75, 3.05) is 17.7 Å². The first-order valence-corrected chi connectivity index (χ1v) is 5.47. The fourth-order valence-electron chi connectivity index (χ4n) is 1.42. The van der Waals surface area contributed by atoms with Crippen LogP contribution in [0.15, 0.2) is 18.2 Å². The standard InChI is InChI=1S/C11H17ClN2O/c1-2-9(5-6-15)14-11-4-3-8(12)7-10(11)13/h3-4,7,9,14-15H,2,5-6,13H2,1H3. The molecule has 0 fully saturated rings. The lowest BCUT2D eigenvalue weighted by Gasteiger charge is -2.18. The highest BCUT2D eigenvalue weighted by Gasteiger charge is 2.07. The van der Waals surface area contributed by atoms with Gasteiger partial charge in [0, 0.05) is 17.7 Å². The van der Waals surface area contributed by atoms with E-state index in [1.54, 1.807) is 12.1 Å². The topological polar surface area (TPSA) is 58.3 Å². The van der Waals surface area contributed by atoms with E-state index < -0.39 is 0 Å². The maximum atomic E-state index is 8.87. The summed E-state index contributed by atoms with van der Waals surface area (Å²) < 4.78 is 0. The fraction of sp³-hybridized carbons (Fsp3) is 0.455. The van der Waals surface area contributed by atoms with Gasteiger partial charge in [-0.3, -0.25) is 0 Å². The van der Waals surface area contributed by atoms with Crippen LogP contribution >= 0.6 is 11.6 Å². The summed E-state index contributed by atoms with van der Waals surface area (Å²) in [5.74, 6) is 0. The Hall–Kier alpha value is -0.930. The Labute approximate surface area is 95.2 Å². The van der Waals surface area contributed by atoms with E-state index in [1.807, 2.05) is 6.07 Å². The Kier molecular flexibility index (Phi) is 4.72. The van der Waals surface area contributed by atoms with Crippen LogP contribution in [0.4, 0.5) is 11.4 Å². The molecule has 0 aromatic heterocycles. The summed E-state index contributed by atoms with van der Waals surface area (Å²) in [6.45, 7) is 2.25. The van der Waals surface area contributed by atoms with Gasteiger partial charge in [-0.2, -0.15) is 0 Å². The molecule has 1 aromatic carbocycles. The molecule has 0 bridgehead atoms. The monoisotopic (exact) mass is 228 g/mol. The van der Waals surface area contributed by atoms with Gasteiger partial charge in [-0.1, -0.05) is 18.5 Å². The van der Waals surface area contributed by atoms with Gasteiger partial charge in [0.2, 0.25) is 0 Å². The molecule has 1 aromatic rings. The molecule has 3 nitrogen and oxygen atoms in total. The second-order valence-electron chi connectivity index (χ2n) is 3.49. The Bertz CT molecular complexity index is 317. The maximum Gasteiger partial charge on any atom is 0.0577 e. The van der Waals surface area contributed by atoms with Gasteiger partial charge in [0.05, 0.1) is 11.4 Å². The highest BCUT2D eigenvalue weighted by Crippen LogP contribution is 2.24. The van der Waals surface area contributed by atoms with Gasteiger partial charge in [0.15, 0.2) is 0 Å². The molecule has 0 saturated carbocycles. The van der Waals surface area contributed by atoms with Crippen LogP contribution in [0, 0.1) is 0 Å². The van der Waals surface area contributed by atoms with E-state index in [-0.39, 0.29) is 12.6 Å². The molecule has 0 spiro atoms. The van der Waals surface area contributed by atoms with Crippen molar-refractivity contribution < 1.29 is 5.11 Å². The Morgan fingerprint density at radius 2 is 2.27 bits per heavy atom. The summed E-state index contributed by atoms with van der Waals surface area (Å²) in [6, 6.07) is 5.62. The number of rotatable bonds is 5. The zero-order chi connectivity index (χ0) is 11.3. The molecule has 1 rings (SSSR count). The predicted octanol–water partition coefficient (Wildman–Crippen LogP) is 2.50. The number of nitrogen functional groups attached to an aromatic ring is 1. The number of anilines is 2. The lowest BCUT2D eigenvalue weighted by atomic mass is 10.1. The molecular weight excluding hydrogens is 212 g/mol. The van der Waals surface area contributed by atoms with E-state index in [4.69, 9.17) is 22.4 Å². The van der Waals surface area contributed by atoms with Crippen LogP contribution in [0.2, 0.25) is 5.02 Å². The van der Waals surface area contributed by atoms with Crippen LogP contribution in [0.3, 0.4) is 0 Å². The molecule has 0 aliphatic carbocycles. The van der Waals surface area contributed by atoms with Gasteiger partial charge in [0.25, 0.3) is 0 Å². The van der Waals surface area contributed by atoms with Crippen molar-refractivity contribution in [3.8, 4) is 0 Å². The van der Waals surface area contributed by atoms with E-state index in [2.05, 4.69) is 12.2 Å². The largest absolute Gasteiger partial charge is 0.397 e. The third kappa shape index (κ3) is 3.61. The number of benzene rings is 1. The van der Waals surface area contributed by atoms with Gasteiger partial charge in [-0.15, -0.1) is 0 Å². The van der Waals surface area contributed by atoms with Crippen molar-refractivity contribution in [1.29, 1.82) is 0 Å². The molecule has 0 aliphatic heterocycles. The van der Waals surface area contributed by atoms with Crippen molar-refractivity contribution in [1.82, 2.24) is 0 Å². The minimum Gasteiger partial charge on any atom is -0.397 e. The number of hydrogen-bond acceptors (Lipinski definition) is 3. The Morgan fingerprint density at radius 1 is 1.53 bits per heavy atom. The maximum absolute atomic E-state index is 8.87. The molecule has 15 heavy (non-hydrogen) atoms. The van der Waals surface area contributed by atoms with Crippen LogP contribution in [-0.2, 0) is 0 Å². The first kappa shape index (κ1) is 12.1. The highest BCUT2D eigenvalue weighted by atomic mass is 35.5. The summed E-state index contributed by atoms with van der Waals surface area (Å²) in [6.07, 6.45) is 1.67. The molecule has 0 heterocycles. The van der Waals surface area contributed by atoms with Crippen molar-refractivity contribution in [2.24, 2.45) is 0 Å². The number of aliphatic hydroxyl groups excluding tert-OH is 1. The van der Waals surface area contributed by atoms with Gasteiger partial charge < -0.3 is 16.2 Å². The molecule has 4 heteroatoms. The normalized spacial score (nSPS) is 12.5. The fourth-order valence-corrected chi connectivity index (χ4v) is 1.60. The minimum atomic E-state index is 0.180. The van der Waals surface area contributed by atoms with Crippen LogP contribution in [0.5, 0.6) is 0 Å². The summed E-state index contributed by atoms with van der Waals surface area (Å²) in [5, 5.41) is 12.8. The number of nitrogens with one attached hydrogen (secondary N) is 1. The summed E-state index contributed by atoms with van der Waals surface area (Å²) >= 11 is 5.80. The lowest BCUT2D eigenvalue weighted by Crippen LogP contribution is -2.20. The molecule has 84 valence electrons. The van der Waals surface area contributed by atoms with Crippen molar-refractivity contribution in [3.05, 3.63) is 23.2 Å². The van der Waals surface area contributed by atoms with E-state index in [1.165, 1.54) is 0 Å². The Balaban J connectivity index is 2.70. The smallest absolute Gasteiger partial charge is 0.0577 e. The second-order valence-corrected chi connectivity index (χ2v) is 3.93. The van der Waals surface area contributed by atoms with Crippen molar-refractivity contribution in [2.45, 2.75) is 25.8 Å². The van der Waals surface area contributed by atoms with Gasteiger partial charge in [0.1, 0.15) is 0 Å². The van der Waals surface area contributed by atoms with Crippen LogP contribution in [0.25, 0.3) is 0 Å². The molecule has 1 atom stereocenters. The van der Waals surface area contributed by atoms with Crippen LogP contribution in [-0.4, -0.2) is 17.8 Å². The zero-order valence-electron chi connectivity index (χ0n) is 8.83. The first-order valence-electron chi connectivity index (χ1n) is 5.09. The Morgan fingerprint density at radius 3 is 2.80 bits per heavy atom. The quantitative estimate of drug-likeness (QED) is 0.679.